The summed E-state index contributed by atoms with van der Waals surface area (Å²) in [5, 5.41) is 4.83. The Morgan fingerprint density at radius 1 is 1.33 bits per heavy atom. The summed E-state index contributed by atoms with van der Waals surface area (Å²) < 4.78 is 4.30. The standard InChI is InChI=1S/C13H22N4S/c1-17-6-4-9(5-7-17)8-15-13-11(10-2-3-10)12(14)16-18-13/h9-10,15H,2-8H2,1H3,(H2,14,16). The number of piperidine rings is 1. The van der Waals surface area contributed by atoms with Gasteiger partial charge in [-0.25, -0.2) is 0 Å². The Kier molecular flexibility index (Phi) is 3.43. The minimum atomic E-state index is 0.684. The van der Waals surface area contributed by atoms with Crippen molar-refractivity contribution in [2.45, 2.75) is 31.6 Å². The van der Waals surface area contributed by atoms with Crippen LogP contribution in [0.15, 0.2) is 0 Å². The first kappa shape index (κ1) is 12.2. The summed E-state index contributed by atoms with van der Waals surface area (Å²) in [6.07, 6.45) is 5.17. The van der Waals surface area contributed by atoms with Gasteiger partial charge < -0.3 is 16.0 Å². The van der Waals surface area contributed by atoms with Crippen molar-refractivity contribution in [3.8, 4) is 0 Å². The van der Waals surface area contributed by atoms with Crippen LogP contribution in [0.3, 0.4) is 0 Å². The predicted molar refractivity (Wildman–Crippen MR) is 77.2 cm³/mol. The quantitative estimate of drug-likeness (QED) is 0.878. The molecule has 3 rings (SSSR count). The van der Waals surface area contributed by atoms with Crippen LogP contribution in [-0.2, 0) is 0 Å². The summed E-state index contributed by atoms with van der Waals surface area (Å²) in [7, 11) is 2.21. The van der Waals surface area contributed by atoms with Crippen LogP contribution in [0.4, 0.5) is 10.8 Å². The Bertz CT molecular complexity index is 405. The molecule has 4 nitrogen and oxygen atoms in total. The molecule has 1 aliphatic heterocycles. The van der Waals surface area contributed by atoms with Gasteiger partial charge in [-0.1, -0.05) is 0 Å². The molecule has 1 saturated heterocycles. The lowest BCUT2D eigenvalue weighted by molar-refractivity contribution is 0.226. The highest BCUT2D eigenvalue weighted by molar-refractivity contribution is 7.10. The molecular weight excluding hydrogens is 244 g/mol. The van der Waals surface area contributed by atoms with Gasteiger partial charge in [-0.2, -0.15) is 4.37 Å². The number of nitrogen functional groups attached to an aromatic ring is 1. The maximum Gasteiger partial charge on any atom is 0.142 e. The van der Waals surface area contributed by atoms with Gasteiger partial charge >= 0.3 is 0 Å². The maximum atomic E-state index is 5.96. The van der Waals surface area contributed by atoms with Crippen molar-refractivity contribution in [1.29, 1.82) is 0 Å². The van der Waals surface area contributed by atoms with E-state index in [0.29, 0.717) is 5.92 Å². The van der Waals surface area contributed by atoms with Crippen LogP contribution in [0, 0.1) is 5.92 Å². The molecule has 0 amide bonds. The third kappa shape index (κ3) is 2.62. The average molecular weight is 266 g/mol. The Balaban J connectivity index is 1.56. The van der Waals surface area contributed by atoms with E-state index in [4.69, 9.17) is 5.73 Å². The van der Waals surface area contributed by atoms with Gasteiger partial charge in [0.1, 0.15) is 10.8 Å². The summed E-state index contributed by atoms with van der Waals surface area (Å²) in [6, 6.07) is 0. The molecule has 0 aromatic carbocycles. The second-order valence-corrected chi connectivity index (χ2v) is 6.49. The number of aromatic nitrogens is 1. The first-order valence-corrected chi connectivity index (χ1v) is 7.69. The Morgan fingerprint density at radius 3 is 2.72 bits per heavy atom. The fourth-order valence-corrected chi connectivity index (χ4v) is 3.51. The SMILES string of the molecule is CN1CCC(CNc2snc(N)c2C2CC2)CC1. The number of likely N-dealkylation sites (tertiary alicyclic amines) is 1. The first-order chi connectivity index (χ1) is 8.74. The third-order valence-electron chi connectivity index (χ3n) is 4.13. The first-order valence-electron chi connectivity index (χ1n) is 6.91. The van der Waals surface area contributed by atoms with Gasteiger partial charge in [-0.05, 0) is 69.2 Å². The molecule has 3 N–H and O–H groups in total. The number of anilines is 2. The summed E-state index contributed by atoms with van der Waals surface area (Å²) in [5.41, 5.74) is 7.26. The normalized spacial score (nSPS) is 22.3. The molecule has 5 heteroatoms. The number of rotatable bonds is 4. The largest absolute Gasteiger partial charge is 0.383 e. The number of hydrogen-bond acceptors (Lipinski definition) is 5. The average Bonchev–Trinajstić information content (AvgIpc) is 3.13. The van der Waals surface area contributed by atoms with Crippen LogP contribution in [-0.4, -0.2) is 36.0 Å². The fourth-order valence-electron chi connectivity index (χ4n) is 2.71. The molecule has 1 saturated carbocycles. The van der Waals surface area contributed by atoms with E-state index < -0.39 is 0 Å². The lowest BCUT2D eigenvalue weighted by atomic mass is 9.97. The summed E-state index contributed by atoms with van der Waals surface area (Å²) in [6.45, 7) is 3.54. The minimum Gasteiger partial charge on any atom is -0.383 e. The molecule has 2 aliphatic rings. The lowest BCUT2D eigenvalue weighted by Gasteiger charge is -2.29. The Morgan fingerprint density at radius 2 is 2.06 bits per heavy atom. The Hall–Kier alpha value is -0.810. The summed E-state index contributed by atoms with van der Waals surface area (Å²) in [4.78, 5) is 2.41. The van der Waals surface area contributed by atoms with E-state index >= 15 is 0 Å². The topological polar surface area (TPSA) is 54.2 Å². The van der Waals surface area contributed by atoms with Crippen LogP contribution in [0.2, 0.25) is 0 Å². The molecule has 0 unspecified atom stereocenters. The van der Waals surface area contributed by atoms with Crippen LogP contribution in [0.25, 0.3) is 0 Å². The number of nitrogens with one attached hydrogen (secondary N) is 1. The van der Waals surface area contributed by atoms with Gasteiger partial charge in [0.2, 0.25) is 0 Å². The van der Waals surface area contributed by atoms with Gasteiger partial charge in [0.15, 0.2) is 0 Å². The van der Waals surface area contributed by atoms with Crippen LogP contribution < -0.4 is 11.1 Å². The second kappa shape index (κ2) is 5.05. The van der Waals surface area contributed by atoms with E-state index in [1.54, 1.807) is 0 Å². The molecule has 1 aromatic rings. The van der Waals surface area contributed by atoms with Crippen LogP contribution >= 0.6 is 11.5 Å². The van der Waals surface area contributed by atoms with Gasteiger partial charge in [-0.15, -0.1) is 0 Å². The summed E-state index contributed by atoms with van der Waals surface area (Å²) >= 11 is 1.54. The molecule has 0 bridgehead atoms. The Labute approximate surface area is 113 Å². The molecule has 1 aromatic heterocycles. The molecular formula is C13H22N4S. The smallest absolute Gasteiger partial charge is 0.142 e. The number of nitrogens with two attached hydrogens (primary N) is 1. The van der Waals surface area contributed by atoms with Crippen molar-refractivity contribution in [2.75, 3.05) is 37.7 Å². The van der Waals surface area contributed by atoms with E-state index in [1.165, 1.54) is 60.9 Å². The van der Waals surface area contributed by atoms with Gasteiger partial charge in [0, 0.05) is 12.1 Å². The predicted octanol–water partition coefficient (Wildman–Crippen LogP) is 2.36. The molecule has 0 radical (unpaired) electrons. The van der Waals surface area contributed by atoms with E-state index in [0.717, 1.165) is 18.3 Å². The van der Waals surface area contributed by atoms with E-state index in [1.807, 2.05) is 0 Å². The third-order valence-corrected chi connectivity index (χ3v) is 4.97. The number of hydrogen-bond donors (Lipinski definition) is 2. The van der Waals surface area contributed by atoms with Crippen molar-refractivity contribution < 1.29 is 0 Å². The summed E-state index contributed by atoms with van der Waals surface area (Å²) in [5.74, 6) is 2.24. The molecule has 100 valence electrons. The van der Waals surface area contributed by atoms with Crippen molar-refractivity contribution in [1.82, 2.24) is 9.27 Å². The second-order valence-electron chi connectivity index (χ2n) is 5.71. The lowest BCUT2D eigenvalue weighted by Crippen LogP contribution is -2.32. The molecule has 2 fully saturated rings. The highest BCUT2D eigenvalue weighted by Crippen LogP contribution is 2.47. The monoisotopic (exact) mass is 266 g/mol. The van der Waals surface area contributed by atoms with Gasteiger partial charge in [0.05, 0.1) is 0 Å². The minimum absolute atomic E-state index is 0.684. The van der Waals surface area contributed by atoms with Crippen LogP contribution in [0.5, 0.6) is 0 Å². The molecule has 2 heterocycles. The zero-order valence-electron chi connectivity index (χ0n) is 11.0. The van der Waals surface area contributed by atoms with Crippen molar-refractivity contribution in [2.24, 2.45) is 5.92 Å². The van der Waals surface area contributed by atoms with E-state index in [2.05, 4.69) is 21.6 Å². The van der Waals surface area contributed by atoms with Crippen LogP contribution in [0.1, 0.15) is 37.2 Å². The molecule has 18 heavy (non-hydrogen) atoms. The fraction of sp³-hybridized carbons (Fsp3) is 0.769. The van der Waals surface area contributed by atoms with E-state index in [-0.39, 0.29) is 0 Å². The van der Waals surface area contributed by atoms with Gasteiger partial charge in [-0.3, -0.25) is 0 Å². The van der Waals surface area contributed by atoms with Gasteiger partial charge in [0.25, 0.3) is 0 Å². The van der Waals surface area contributed by atoms with Crippen molar-refractivity contribution in [3.63, 3.8) is 0 Å². The molecule has 0 spiro atoms. The molecule has 1 aliphatic carbocycles. The highest BCUT2D eigenvalue weighted by Gasteiger charge is 2.30. The zero-order valence-corrected chi connectivity index (χ0v) is 11.8. The van der Waals surface area contributed by atoms with Crippen molar-refractivity contribution >= 4 is 22.4 Å². The van der Waals surface area contributed by atoms with Crippen molar-refractivity contribution in [3.05, 3.63) is 5.56 Å². The maximum absolute atomic E-state index is 5.96. The highest BCUT2D eigenvalue weighted by atomic mass is 32.1. The zero-order chi connectivity index (χ0) is 12.5. The number of nitrogens with zero attached hydrogens (tertiary/aromatic N) is 2. The molecule has 0 atom stereocenters. The van der Waals surface area contributed by atoms with E-state index in [9.17, 15) is 0 Å².